The number of urea groups is 1. The van der Waals surface area contributed by atoms with Crippen LogP contribution in [-0.4, -0.2) is 29.3 Å². The molecule has 1 heterocycles. The molecule has 30 heavy (non-hydrogen) atoms. The number of imide groups is 1. The molecule has 1 atom stereocenters. The number of carbonyl (C=O) groups excluding carboxylic acids is 3. The molecule has 6 heteroatoms. The number of hydrogen-bond donors (Lipinski definition) is 2. The average molecular weight is 401 g/mol. The van der Waals surface area contributed by atoms with Gasteiger partial charge >= 0.3 is 6.03 Å². The topological polar surface area (TPSA) is 78.5 Å². The molecule has 1 aliphatic heterocycles. The van der Waals surface area contributed by atoms with Crippen molar-refractivity contribution < 1.29 is 14.4 Å². The quantitative estimate of drug-likeness (QED) is 0.645. The summed E-state index contributed by atoms with van der Waals surface area (Å²) in [5.41, 5.74) is 1.57. The molecule has 0 spiro atoms. The molecule has 1 fully saturated rings. The zero-order valence-electron chi connectivity index (χ0n) is 16.9. The zero-order valence-corrected chi connectivity index (χ0v) is 16.9. The van der Waals surface area contributed by atoms with Gasteiger partial charge in [-0.3, -0.25) is 14.5 Å². The second-order valence-corrected chi connectivity index (χ2v) is 7.74. The van der Waals surface area contributed by atoms with Crippen LogP contribution in [0.15, 0.2) is 66.7 Å². The maximum atomic E-state index is 13.2. The number of nitrogens with zero attached hydrogens (tertiary/aromatic N) is 1. The minimum absolute atomic E-state index is 0.323. The second kappa shape index (κ2) is 7.63. The Labute approximate surface area is 174 Å². The fraction of sp³-hybridized carbons (Fsp3) is 0.208. The number of benzene rings is 3. The van der Waals surface area contributed by atoms with Gasteiger partial charge in [0, 0.05) is 6.54 Å². The highest BCUT2D eigenvalue weighted by atomic mass is 16.2. The van der Waals surface area contributed by atoms with E-state index in [-0.39, 0.29) is 12.5 Å². The molecule has 4 rings (SSSR count). The lowest BCUT2D eigenvalue weighted by atomic mass is 9.88. The lowest BCUT2D eigenvalue weighted by Crippen LogP contribution is -2.43. The molecule has 0 bridgehead atoms. The van der Waals surface area contributed by atoms with Gasteiger partial charge in [-0.25, -0.2) is 4.79 Å². The van der Waals surface area contributed by atoms with E-state index in [1.807, 2.05) is 73.7 Å². The Kier molecular flexibility index (Phi) is 4.99. The fourth-order valence-electron chi connectivity index (χ4n) is 3.79. The SMILES string of the molecule is Cc1ccc(CNC(=O)CN2C(=O)NC(C)(c3cccc4ccccc34)C2=O)cc1. The van der Waals surface area contributed by atoms with Crippen LogP contribution in [0.25, 0.3) is 10.8 Å². The van der Waals surface area contributed by atoms with Crippen LogP contribution < -0.4 is 10.6 Å². The van der Waals surface area contributed by atoms with Crippen LogP contribution in [0.5, 0.6) is 0 Å². The van der Waals surface area contributed by atoms with Crippen LogP contribution in [0.2, 0.25) is 0 Å². The van der Waals surface area contributed by atoms with Crippen molar-refractivity contribution in [1.82, 2.24) is 15.5 Å². The van der Waals surface area contributed by atoms with Gasteiger partial charge in [0.1, 0.15) is 12.1 Å². The van der Waals surface area contributed by atoms with Gasteiger partial charge in [-0.2, -0.15) is 0 Å². The number of amides is 4. The smallest absolute Gasteiger partial charge is 0.325 e. The standard InChI is InChI=1S/C24H23N3O3/c1-16-10-12-17(13-11-16)14-25-21(28)15-27-22(29)24(2,26-23(27)30)20-9-5-7-18-6-3-4-8-19(18)20/h3-13H,14-15H2,1-2H3,(H,25,28)(H,26,30). The summed E-state index contributed by atoms with van der Waals surface area (Å²) in [5.74, 6) is -0.824. The number of carbonyl (C=O) groups is 3. The summed E-state index contributed by atoms with van der Waals surface area (Å²) in [6.45, 7) is 3.69. The van der Waals surface area contributed by atoms with Crippen molar-refractivity contribution in [1.29, 1.82) is 0 Å². The van der Waals surface area contributed by atoms with Crippen molar-refractivity contribution in [2.75, 3.05) is 6.54 Å². The van der Waals surface area contributed by atoms with E-state index in [9.17, 15) is 14.4 Å². The molecule has 6 nitrogen and oxygen atoms in total. The second-order valence-electron chi connectivity index (χ2n) is 7.74. The maximum Gasteiger partial charge on any atom is 0.325 e. The largest absolute Gasteiger partial charge is 0.350 e. The predicted octanol–water partition coefficient (Wildman–Crippen LogP) is 3.23. The van der Waals surface area contributed by atoms with E-state index < -0.39 is 17.5 Å². The van der Waals surface area contributed by atoms with Crippen LogP contribution in [0.3, 0.4) is 0 Å². The molecule has 1 unspecified atom stereocenters. The molecule has 3 aromatic rings. The van der Waals surface area contributed by atoms with Crippen molar-refractivity contribution in [3.05, 3.63) is 83.4 Å². The third-order valence-electron chi connectivity index (χ3n) is 5.52. The number of hydrogen-bond acceptors (Lipinski definition) is 3. The third-order valence-corrected chi connectivity index (χ3v) is 5.52. The molecular weight excluding hydrogens is 378 g/mol. The van der Waals surface area contributed by atoms with Gasteiger partial charge in [-0.05, 0) is 35.7 Å². The van der Waals surface area contributed by atoms with Crippen molar-refractivity contribution >= 4 is 28.6 Å². The van der Waals surface area contributed by atoms with Gasteiger partial charge in [0.25, 0.3) is 5.91 Å². The van der Waals surface area contributed by atoms with Crippen molar-refractivity contribution in [2.24, 2.45) is 0 Å². The van der Waals surface area contributed by atoms with Gasteiger partial charge in [-0.15, -0.1) is 0 Å². The van der Waals surface area contributed by atoms with Crippen molar-refractivity contribution in [2.45, 2.75) is 25.9 Å². The highest BCUT2D eigenvalue weighted by Crippen LogP contribution is 2.33. The fourth-order valence-corrected chi connectivity index (χ4v) is 3.79. The van der Waals surface area contributed by atoms with E-state index in [1.54, 1.807) is 6.92 Å². The molecule has 152 valence electrons. The highest BCUT2D eigenvalue weighted by molar-refractivity contribution is 6.10. The Balaban J connectivity index is 1.50. The zero-order chi connectivity index (χ0) is 21.3. The first-order valence-electron chi connectivity index (χ1n) is 9.83. The van der Waals surface area contributed by atoms with Gasteiger partial charge < -0.3 is 10.6 Å². The Bertz CT molecular complexity index is 1130. The van der Waals surface area contributed by atoms with Gasteiger partial charge in [0.2, 0.25) is 5.91 Å². The van der Waals surface area contributed by atoms with Gasteiger partial charge in [-0.1, -0.05) is 72.3 Å². The highest BCUT2D eigenvalue weighted by Gasteiger charge is 2.50. The summed E-state index contributed by atoms with van der Waals surface area (Å²) in [6, 6.07) is 20.6. The molecule has 0 aliphatic carbocycles. The van der Waals surface area contributed by atoms with E-state index in [0.29, 0.717) is 12.1 Å². The number of aryl methyl sites for hydroxylation is 1. The van der Waals surface area contributed by atoms with E-state index in [2.05, 4.69) is 10.6 Å². The van der Waals surface area contributed by atoms with E-state index in [0.717, 1.165) is 26.8 Å². The first-order valence-corrected chi connectivity index (χ1v) is 9.83. The minimum atomic E-state index is -1.23. The maximum absolute atomic E-state index is 13.2. The third kappa shape index (κ3) is 3.52. The van der Waals surface area contributed by atoms with E-state index in [1.165, 1.54) is 0 Å². The average Bonchev–Trinajstić information content (AvgIpc) is 2.96. The lowest BCUT2D eigenvalue weighted by molar-refractivity contribution is -0.134. The molecule has 2 N–H and O–H groups in total. The summed E-state index contributed by atoms with van der Waals surface area (Å²) in [4.78, 5) is 39.1. The van der Waals surface area contributed by atoms with Crippen LogP contribution in [0.1, 0.15) is 23.6 Å². The Morgan fingerprint density at radius 1 is 1.00 bits per heavy atom. The van der Waals surface area contributed by atoms with Crippen LogP contribution in [0, 0.1) is 6.92 Å². The normalized spacial score (nSPS) is 18.5. The van der Waals surface area contributed by atoms with Crippen molar-refractivity contribution in [3.8, 4) is 0 Å². The Morgan fingerprint density at radius 3 is 2.47 bits per heavy atom. The summed E-state index contributed by atoms with van der Waals surface area (Å²) in [5, 5.41) is 7.42. The predicted molar refractivity (Wildman–Crippen MR) is 115 cm³/mol. The lowest BCUT2D eigenvalue weighted by Gasteiger charge is -2.24. The Morgan fingerprint density at radius 2 is 1.70 bits per heavy atom. The minimum Gasteiger partial charge on any atom is -0.350 e. The summed E-state index contributed by atoms with van der Waals surface area (Å²) >= 11 is 0. The molecule has 0 radical (unpaired) electrons. The summed E-state index contributed by atoms with van der Waals surface area (Å²) < 4.78 is 0. The molecular formula is C24H23N3O3. The molecule has 1 aliphatic rings. The van der Waals surface area contributed by atoms with Gasteiger partial charge in [0.15, 0.2) is 0 Å². The number of rotatable bonds is 5. The molecule has 0 saturated carbocycles. The first-order chi connectivity index (χ1) is 14.4. The summed E-state index contributed by atoms with van der Waals surface area (Å²) in [6.07, 6.45) is 0. The molecule has 3 aromatic carbocycles. The molecule has 4 amide bonds. The van der Waals surface area contributed by atoms with Crippen molar-refractivity contribution in [3.63, 3.8) is 0 Å². The molecule has 0 aromatic heterocycles. The van der Waals surface area contributed by atoms with Crippen LogP contribution in [0.4, 0.5) is 4.79 Å². The van der Waals surface area contributed by atoms with E-state index in [4.69, 9.17) is 0 Å². The van der Waals surface area contributed by atoms with Crippen LogP contribution >= 0.6 is 0 Å². The first kappa shape index (κ1) is 19.6. The summed E-state index contributed by atoms with van der Waals surface area (Å²) in [7, 11) is 0. The molecule has 1 saturated heterocycles. The Hall–Kier alpha value is -3.67. The monoisotopic (exact) mass is 401 g/mol. The van der Waals surface area contributed by atoms with Gasteiger partial charge in [0.05, 0.1) is 0 Å². The number of fused-ring (bicyclic) bond motifs is 1. The number of nitrogens with one attached hydrogen (secondary N) is 2. The van der Waals surface area contributed by atoms with Crippen LogP contribution in [-0.2, 0) is 21.7 Å². The van der Waals surface area contributed by atoms with E-state index >= 15 is 0 Å².